The number of carbonyl (C=O) groups excluding carboxylic acids is 2. The van der Waals surface area contributed by atoms with Gasteiger partial charge in [0, 0.05) is 18.3 Å². The number of fused-ring (bicyclic) bond motifs is 1. The van der Waals surface area contributed by atoms with E-state index in [0.29, 0.717) is 12.8 Å². The maximum absolute atomic E-state index is 13.4. The minimum Gasteiger partial charge on any atom is -0.511 e. The molecule has 7 heteroatoms. The molecule has 0 unspecified atom stereocenters. The second kappa shape index (κ2) is 3.98. The van der Waals surface area contributed by atoms with Crippen molar-refractivity contribution in [2.45, 2.75) is 81.1 Å². The molecule has 2 saturated carbocycles. The van der Waals surface area contributed by atoms with Crippen LogP contribution in [0.1, 0.15) is 47.0 Å². The summed E-state index contributed by atoms with van der Waals surface area (Å²) in [5.41, 5.74) is -5.79. The van der Waals surface area contributed by atoms with Crippen LogP contribution in [0.3, 0.4) is 0 Å². The summed E-state index contributed by atoms with van der Waals surface area (Å²) in [6.45, 7) is 7.12. The van der Waals surface area contributed by atoms with Gasteiger partial charge in [0.25, 0.3) is 0 Å². The predicted molar refractivity (Wildman–Crippen MR) is 89.6 cm³/mol. The number of ether oxygens (including phenoxy) is 3. The van der Waals surface area contributed by atoms with Gasteiger partial charge in [-0.2, -0.15) is 0 Å². The van der Waals surface area contributed by atoms with Gasteiger partial charge in [-0.1, -0.05) is 13.8 Å². The van der Waals surface area contributed by atoms with Crippen LogP contribution in [-0.2, 0) is 23.8 Å². The highest BCUT2D eigenvalue weighted by atomic mass is 16.7. The summed E-state index contributed by atoms with van der Waals surface area (Å²) in [5, 5.41) is 22.2. The van der Waals surface area contributed by atoms with Gasteiger partial charge in [-0.3, -0.25) is 4.79 Å². The molecule has 27 heavy (non-hydrogen) atoms. The molecule has 3 spiro atoms. The van der Waals surface area contributed by atoms with E-state index in [4.69, 9.17) is 14.2 Å². The van der Waals surface area contributed by atoms with Crippen LogP contribution in [-0.4, -0.2) is 56.1 Å². The molecule has 4 saturated heterocycles. The molecule has 9 atom stereocenters. The van der Waals surface area contributed by atoms with Gasteiger partial charge in [0.15, 0.2) is 11.2 Å². The Morgan fingerprint density at radius 1 is 1.15 bits per heavy atom. The number of hydrogen-bond donors (Lipinski definition) is 2. The van der Waals surface area contributed by atoms with Crippen molar-refractivity contribution in [2.75, 3.05) is 0 Å². The third-order valence-corrected chi connectivity index (χ3v) is 8.61. The number of ketones is 1. The van der Waals surface area contributed by atoms with E-state index in [9.17, 15) is 19.8 Å². The molecular formula is C20H24O7. The fourth-order valence-corrected chi connectivity index (χ4v) is 7.21. The Morgan fingerprint density at radius 2 is 1.85 bits per heavy atom. The molecule has 7 aliphatic rings. The van der Waals surface area contributed by atoms with Gasteiger partial charge in [0.05, 0.1) is 11.5 Å². The number of hydrogen-bond acceptors (Lipinski definition) is 7. The fourth-order valence-electron chi connectivity index (χ4n) is 7.21. The van der Waals surface area contributed by atoms with Crippen LogP contribution in [0, 0.1) is 17.8 Å². The number of rotatable bonds is 0. The number of carbonyl (C=O) groups is 2. The highest BCUT2D eigenvalue weighted by Gasteiger charge is 3.00. The number of aliphatic hydroxyl groups excluding tert-OH is 1. The number of esters is 1. The van der Waals surface area contributed by atoms with Gasteiger partial charge in [-0.05, 0) is 26.7 Å². The molecule has 7 rings (SSSR count). The molecule has 6 fully saturated rings. The highest BCUT2D eigenvalue weighted by molar-refractivity contribution is 6.00. The smallest absolute Gasteiger partial charge is 0.341 e. The van der Waals surface area contributed by atoms with Crippen molar-refractivity contribution in [2.24, 2.45) is 17.8 Å². The van der Waals surface area contributed by atoms with Crippen molar-refractivity contribution >= 4 is 11.8 Å². The topological polar surface area (TPSA) is 106 Å². The van der Waals surface area contributed by atoms with Gasteiger partial charge in [0.1, 0.15) is 34.4 Å². The van der Waals surface area contributed by atoms with Crippen LogP contribution in [0.5, 0.6) is 0 Å². The van der Waals surface area contributed by atoms with Crippen LogP contribution in [0.4, 0.5) is 0 Å². The molecular weight excluding hydrogens is 352 g/mol. The first kappa shape index (κ1) is 16.5. The molecule has 0 aromatic rings. The first-order valence-corrected chi connectivity index (χ1v) is 9.78. The summed E-state index contributed by atoms with van der Waals surface area (Å²) in [4.78, 5) is 26.5. The van der Waals surface area contributed by atoms with E-state index in [-0.39, 0.29) is 35.4 Å². The molecule has 4 bridgehead atoms. The van der Waals surface area contributed by atoms with Crippen molar-refractivity contribution in [3.8, 4) is 0 Å². The summed E-state index contributed by atoms with van der Waals surface area (Å²) >= 11 is 0. The van der Waals surface area contributed by atoms with E-state index in [0.717, 1.165) is 0 Å². The molecule has 7 nitrogen and oxygen atoms in total. The molecule has 0 amide bonds. The summed E-state index contributed by atoms with van der Waals surface area (Å²) in [7, 11) is 0. The third-order valence-electron chi connectivity index (χ3n) is 8.61. The maximum atomic E-state index is 13.4. The van der Waals surface area contributed by atoms with Crippen molar-refractivity contribution in [1.82, 2.24) is 0 Å². The standard InChI is InChI=1S/C20H24O7/c1-8-5-9(2)13(22)11-14(23)25-19-7-16(3,24)17(4)15-18(19,26-15)6-10(12(8)21)20(11,19)27-17/h8-10,15,22,24H,5-7H2,1-4H3/b13-11+/t8-,9+,10+,15+,16-,17-,18+,19+,20-/m1/s1. The molecule has 0 radical (unpaired) electrons. The van der Waals surface area contributed by atoms with Gasteiger partial charge in [-0.15, -0.1) is 0 Å². The fraction of sp³-hybridized carbons (Fsp3) is 0.800. The van der Waals surface area contributed by atoms with Gasteiger partial charge in [-0.25, -0.2) is 4.79 Å². The van der Waals surface area contributed by atoms with Gasteiger partial charge in [0.2, 0.25) is 0 Å². The lowest BCUT2D eigenvalue weighted by Crippen LogP contribution is -2.80. The summed E-state index contributed by atoms with van der Waals surface area (Å²) in [5.74, 6) is -1.95. The SMILES string of the molecule is C[C@@H]1C[C@H](C)/C(O)=C2/C(=O)O[C@]34C[C@@](C)(O)[C@]5(C)O[C@]23[C@@H](C[C@@]42O[C@H]25)C1=O. The molecule has 4 heterocycles. The predicted octanol–water partition coefficient (Wildman–Crippen LogP) is 1.18. The maximum Gasteiger partial charge on any atom is 0.341 e. The average Bonchev–Trinajstić information content (AvgIpc) is 3.22. The zero-order chi connectivity index (χ0) is 19.4. The lowest BCUT2D eigenvalue weighted by Gasteiger charge is -2.61. The van der Waals surface area contributed by atoms with Gasteiger partial charge < -0.3 is 24.4 Å². The first-order chi connectivity index (χ1) is 12.5. The van der Waals surface area contributed by atoms with E-state index in [1.807, 2.05) is 13.8 Å². The normalized spacial score (nSPS) is 65.4. The first-order valence-electron chi connectivity index (χ1n) is 9.78. The monoisotopic (exact) mass is 376 g/mol. The Hall–Kier alpha value is -1.44. The van der Waals surface area contributed by atoms with E-state index < -0.39 is 46.0 Å². The minimum absolute atomic E-state index is 0.0199. The molecule has 2 N–H and O–H groups in total. The molecule has 4 aliphatic heterocycles. The largest absolute Gasteiger partial charge is 0.511 e. The van der Waals surface area contributed by atoms with Crippen LogP contribution < -0.4 is 0 Å². The quantitative estimate of drug-likeness (QED) is 0.483. The summed E-state index contributed by atoms with van der Waals surface area (Å²) < 4.78 is 18.7. The van der Waals surface area contributed by atoms with Gasteiger partial charge >= 0.3 is 5.97 Å². The molecule has 3 aliphatic carbocycles. The number of allylic oxidation sites excluding steroid dienone is 1. The van der Waals surface area contributed by atoms with E-state index in [1.165, 1.54) is 0 Å². The average molecular weight is 376 g/mol. The lowest BCUT2D eigenvalue weighted by molar-refractivity contribution is -0.331. The lowest BCUT2D eigenvalue weighted by atomic mass is 9.55. The Bertz CT molecular complexity index is 876. The van der Waals surface area contributed by atoms with Crippen LogP contribution in [0.15, 0.2) is 11.3 Å². The second-order valence-corrected chi connectivity index (χ2v) is 9.96. The zero-order valence-electron chi connectivity index (χ0n) is 15.9. The van der Waals surface area contributed by atoms with Crippen LogP contribution in [0.25, 0.3) is 0 Å². The van der Waals surface area contributed by atoms with E-state index in [2.05, 4.69) is 0 Å². The van der Waals surface area contributed by atoms with E-state index in [1.54, 1.807) is 13.8 Å². The summed E-state index contributed by atoms with van der Waals surface area (Å²) in [6, 6.07) is 0. The van der Waals surface area contributed by atoms with Crippen molar-refractivity contribution < 1.29 is 34.0 Å². The Morgan fingerprint density at radius 3 is 2.56 bits per heavy atom. The van der Waals surface area contributed by atoms with Crippen LogP contribution >= 0.6 is 0 Å². The Labute approximate surface area is 156 Å². The Balaban J connectivity index is 1.72. The molecule has 0 aromatic heterocycles. The van der Waals surface area contributed by atoms with Crippen LogP contribution in [0.2, 0.25) is 0 Å². The number of Topliss-reactive ketones (excluding diaryl/α,β-unsaturated/α-hetero) is 1. The van der Waals surface area contributed by atoms with Crippen molar-refractivity contribution in [3.05, 3.63) is 11.3 Å². The second-order valence-electron chi connectivity index (χ2n) is 9.96. The van der Waals surface area contributed by atoms with E-state index >= 15 is 0 Å². The number of epoxide rings is 1. The van der Waals surface area contributed by atoms with Crippen molar-refractivity contribution in [3.63, 3.8) is 0 Å². The van der Waals surface area contributed by atoms with Crippen molar-refractivity contribution in [1.29, 1.82) is 0 Å². The summed E-state index contributed by atoms with van der Waals surface area (Å²) in [6.07, 6.45) is 0.544. The minimum atomic E-state index is -1.39. The molecule has 146 valence electrons. The highest BCUT2D eigenvalue weighted by Crippen LogP contribution is 2.82. The Kier molecular flexibility index (Phi) is 2.43. The zero-order valence-corrected chi connectivity index (χ0v) is 15.9. The molecule has 0 aromatic carbocycles. The third kappa shape index (κ3) is 1.29. The number of aliphatic hydroxyl groups is 2.